The normalized spacial score (nSPS) is 13.5. The van der Waals surface area contributed by atoms with Gasteiger partial charge in [-0.2, -0.15) is 10.2 Å². The maximum absolute atomic E-state index is 13.1. The highest BCUT2D eigenvalue weighted by molar-refractivity contribution is 5.96. The van der Waals surface area contributed by atoms with Gasteiger partial charge in [0.2, 0.25) is 0 Å². The summed E-state index contributed by atoms with van der Waals surface area (Å²) in [7, 11) is 5.53. The van der Waals surface area contributed by atoms with Crippen molar-refractivity contribution in [3.05, 3.63) is 52.3 Å². The van der Waals surface area contributed by atoms with Gasteiger partial charge in [0.05, 0.1) is 36.9 Å². The highest BCUT2D eigenvalue weighted by Crippen LogP contribution is 2.32. The molecule has 1 aromatic carbocycles. The Kier molecular flexibility index (Phi) is 4.45. The van der Waals surface area contributed by atoms with Gasteiger partial charge in [-0.05, 0) is 38.0 Å². The van der Waals surface area contributed by atoms with Gasteiger partial charge in [-0.1, -0.05) is 6.07 Å². The molecule has 0 spiro atoms. The Morgan fingerprint density at radius 2 is 1.93 bits per heavy atom. The van der Waals surface area contributed by atoms with Crippen molar-refractivity contribution in [1.82, 2.24) is 24.5 Å². The minimum absolute atomic E-state index is 0.0194. The van der Waals surface area contributed by atoms with Crippen LogP contribution in [0.15, 0.2) is 24.4 Å². The van der Waals surface area contributed by atoms with Gasteiger partial charge >= 0.3 is 0 Å². The first kappa shape index (κ1) is 18.3. The van der Waals surface area contributed by atoms with Crippen molar-refractivity contribution in [3.8, 4) is 17.1 Å². The highest BCUT2D eigenvalue weighted by atomic mass is 16.5. The van der Waals surface area contributed by atoms with Crippen LogP contribution in [0.2, 0.25) is 0 Å². The zero-order valence-electron chi connectivity index (χ0n) is 17.0. The monoisotopic (exact) mass is 379 g/mol. The van der Waals surface area contributed by atoms with E-state index >= 15 is 0 Å². The molecule has 3 heterocycles. The quantitative estimate of drug-likeness (QED) is 0.702. The second kappa shape index (κ2) is 6.82. The van der Waals surface area contributed by atoms with Gasteiger partial charge in [-0.15, -0.1) is 0 Å². The molecule has 0 saturated carbocycles. The summed E-state index contributed by atoms with van der Waals surface area (Å²) in [4.78, 5) is 15.0. The molecule has 28 heavy (non-hydrogen) atoms. The molecule has 146 valence electrons. The fourth-order valence-corrected chi connectivity index (χ4v) is 4.11. The maximum atomic E-state index is 13.1. The van der Waals surface area contributed by atoms with E-state index in [1.807, 2.05) is 59.7 Å². The van der Waals surface area contributed by atoms with Crippen LogP contribution in [-0.4, -0.2) is 44.0 Å². The molecular weight excluding hydrogens is 354 g/mol. The van der Waals surface area contributed by atoms with E-state index in [-0.39, 0.29) is 5.91 Å². The van der Waals surface area contributed by atoms with E-state index in [0.29, 0.717) is 18.7 Å². The number of amides is 1. The van der Waals surface area contributed by atoms with E-state index in [1.54, 1.807) is 7.11 Å². The first-order chi connectivity index (χ1) is 13.4. The summed E-state index contributed by atoms with van der Waals surface area (Å²) in [5.41, 5.74) is 7.02. The standard InChI is InChI=1S/C21H25N5O2/c1-13-11-22-24(3)19(13)20-16-9-10-26(12-17(16)23-25(20)4)21(27)15-7-6-8-18(28-5)14(15)2/h6-8,11H,9-10,12H2,1-5H3. The molecular formula is C21H25N5O2. The van der Waals surface area contributed by atoms with Gasteiger partial charge in [-0.25, -0.2) is 0 Å². The smallest absolute Gasteiger partial charge is 0.254 e. The number of nitrogens with zero attached hydrogens (tertiary/aromatic N) is 5. The van der Waals surface area contributed by atoms with Crippen molar-refractivity contribution in [2.24, 2.45) is 14.1 Å². The molecule has 1 aliphatic heterocycles. The van der Waals surface area contributed by atoms with E-state index < -0.39 is 0 Å². The molecule has 0 unspecified atom stereocenters. The number of benzene rings is 1. The molecule has 0 aliphatic carbocycles. The third-order valence-corrected chi connectivity index (χ3v) is 5.57. The molecule has 0 fully saturated rings. The van der Waals surface area contributed by atoms with E-state index in [4.69, 9.17) is 9.84 Å². The first-order valence-corrected chi connectivity index (χ1v) is 9.39. The average molecular weight is 379 g/mol. The van der Waals surface area contributed by atoms with E-state index in [0.717, 1.165) is 40.4 Å². The van der Waals surface area contributed by atoms with Crippen molar-refractivity contribution in [2.45, 2.75) is 26.8 Å². The third kappa shape index (κ3) is 2.78. The summed E-state index contributed by atoms with van der Waals surface area (Å²) in [6.07, 6.45) is 2.65. The molecule has 0 saturated heterocycles. The molecule has 0 bridgehead atoms. The van der Waals surface area contributed by atoms with Crippen LogP contribution in [0, 0.1) is 13.8 Å². The maximum Gasteiger partial charge on any atom is 0.254 e. The van der Waals surface area contributed by atoms with Crippen LogP contribution in [0.5, 0.6) is 5.75 Å². The Morgan fingerprint density at radius 1 is 1.14 bits per heavy atom. The molecule has 0 radical (unpaired) electrons. The fourth-order valence-electron chi connectivity index (χ4n) is 4.11. The number of carbonyl (C=O) groups excluding carboxylic acids is 1. The SMILES string of the molecule is COc1cccc(C(=O)N2CCc3c(nn(C)c3-c3c(C)cnn3C)C2)c1C. The summed E-state index contributed by atoms with van der Waals surface area (Å²) in [5, 5.41) is 9.10. The Labute approximate surface area is 164 Å². The zero-order chi connectivity index (χ0) is 20.0. The van der Waals surface area contributed by atoms with Gasteiger partial charge in [0.15, 0.2) is 0 Å². The predicted octanol–water partition coefficient (Wildman–Crippen LogP) is 2.64. The summed E-state index contributed by atoms with van der Waals surface area (Å²) >= 11 is 0. The topological polar surface area (TPSA) is 65.2 Å². The minimum Gasteiger partial charge on any atom is -0.496 e. The van der Waals surface area contributed by atoms with Crippen molar-refractivity contribution in [2.75, 3.05) is 13.7 Å². The Bertz CT molecular complexity index is 1040. The molecule has 3 aromatic rings. The Morgan fingerprint density at radius 3 is 2.61 bits per heavy atom. The van der Waals surface area contributed by atoms with E-state index in [1.165, 1.54) is 5.56 Å². The molecule has 0 N–H and O–H groups in total. The minimum atomic E-state index is 0.0194. The largest absolute Gasteiger partial charge is 0.496 e. The van der Waals surface area contributed by atoms with Gasteiger partial charge in [-0.3, -0.25) is 14.2 Å². The molecule has 1 amide bonds. The summed E-state index contributed by atoms with van der Waals surface area (Å²) < 4.78 is 9.18. The Balaban J connectivity index is 1.67. The first-order valence-electron chi connectivity index (χ1n) is 9.39. The van der Waals surface area contributed by atoms with Crippen LogP contribution >= 0.6 is 0 Å². The number of carbonyl (C=O) groups is 1. The number of ether oxygens (including phenoxy) is 1. The molecule has 7 heteroatoms. The van der Waals surface area contributed by atoms with Crippen molar-refractivity contribution < 1.29 is 9.53 Å². The summed E-state index contributed by atoms with van der Waals surface area (Å²) in [5.74, 6) is 0.751. The van der Waals surface area contributed by atoms with Crippen LogP contribution in [0.3, 0.4) is 0 Å². The van der Waals surface area contributed by atoms with Crippen LogP contribution in [-0.2, 0) is 27.1 Å². The van der Waals surface area contributed by atoms with Gasteiger partial charge in [0, 0.05) is 37.3 Å². The second-order valence-electron chi connectivity index (χ2n) is 7.31. The van der Waals surface area contributed by atoms with Gasteiger partial charge in [0.25, 0.3) is 5.91 Å². The Hall–Kier alpha value is -3.09. The molecule has 0 atom stereocenters. The lowest BCUT2D eigenvalue weighted by molar-refractivity contribution is 0.0731. The lowest BCUT2D eigenvalue weighted by Crippen LogP contribution is -2.36. The number of aromatic nitrogens is 4. The summed E-state index contributed by atoms with van der Waals surface area (Å²) in [6.45, 7) is 5.16. The number of fused-ring (bicyclic) bond motifs is 1. The number of aryl methyl sites for hydroxylation is 3. The molecule has 2 aromatic heterocycles. The van der Waals surface area contributed by atoms with Crippen molar-refractivity contribution >= 4 is 5.91 Å². The number of methoxy groups -OCH3 is 1. The number of rotatable bonds is 3. The van der Waals surface area contributed by atoms with Gasteiger partial charge in [0.1, 0.15) is 5.75 Å². The number of hydrogen-bond acceptors (Lipinski definition) is 4. The van der Waals surface area contributed by atoms with Gasteiger partial charge < -0.3 is 9.64 Å². The predicted molar refractivity (Wildman–Crippen MR) is 106 cm³/mol. The third-order valence-electron chi connectivity index (χ3n) is 5.57. The van der Waals surface area contributed by atoms with Crippen LogP contribution < -0.4 is 4.74 Å². The van der Waals surface area contributed by atoms with Crippen molar-refractivity contribution in [3.63, 3.8) is 0 Å². The van der Waals surface area contributed by atoms with E-state index in [9.17, 15) is 4.79 Å². The zero-order valence-corrected chi connectivity index (χ0v) is 17.0. The molecule has 1 aliphatic rings. The highest BCUT2D eigenvalue weighted by Gasteiger charge is 2.29. The van der Waals surface area contributed by atoms with E-state index in [2.05, 4.69) is 12.0 Å². The second-order valence-corrected chi connectivity index (χ2v) is 7.31. The lowest BCUT2D eigenvalue weighted by Gasteiger charge is -2.27. The molecule has 7 nitrogen and oxygen atoms in total. The van der Waals surface area contributed by atoms with Crippen LogP contribution in [0.1, 0.15) is 32.7 Å². The van der Waals surface area contributed by atoms with Crippen molar-refractivity contribution in [1.29, 1.82) is 0 Å². The molecule has 4 rings (SSSR count). The van der Waals surface area contributed by atoms with Crippen LogP contribution in [0.4, 0.5) is 0 Å². The summed E-state index contributed by atoms with van der Waals surface area (Å²) in [6, 6.07) is 5.60. The fraction of sp³-hybridized carbons (Fsp3) is 0.381. The lowest BCUT2D eigenvalue weighted by atomic mass is 9.99. The number of hydrogen-bond donors (Lipinski definition) is 0. The average Bonchev–Trinajstić information content (AvgIpc) is 3.18. The van der Waals surface area contributed by atoms with Crippen LogP contribution in [0.25, 0.3) is 11.4 Å².